The fraction of sp³-hybridized carbons (Fsp3) is 0.111. The number of carbonyl (C=O) groups is 3. The van der Waals surface area contributed by atoms with Gasteiger partial charge in [0, 0.05) is 16.8 Å². The summed E-state index contributed by atoms with van der Waals surface area (Å²) in [5.74, 6) is -0.866. The molecular weight excluding hydrogens is 414 g/mol. The van der Waals surface area contributed by atoms with Crippen LogP contribution in [0.5, 0.6) is 0 Å². The summed E-state index contributed by atoms with van der Waals surface area (Å²) < 4.78 is 0. The number of imide groups is 1. The molecule has 162 valence electrons. The zero-order valence-electron chi connectivity index (χ0n) is 18.2. The third-order valence-corrected chi connectivity index (χ3v) is 5.73. The second-order valence-electron chi connectivity index (χ2n) is 8.26. The lowest BCUT2D eigenvalue weighted by Gasteiger charge is -2.16. The van der Waals surface area contributed by atoms with Crippen LogP contribution in [0.3, 0.4) is 0 Å². The number of rotatable bonds is 4. The number of pyridine rings is 1. The number of hydrogen-bond donors (Lipinski definition) is 1. The average Bonchev–Trinajstić information content (AvgIpc) is 3.08. The van der Waals surface area contributed by atoms with Crippen molar-refractivity contribution in [3.05, 3.63) is 101 Å². The van der Waals surface area contributed by atoms with Gasteiger partial charge in [-0.15, -0.1) is 0 Å². The first kappa shape index (κ1) is 20.6. The van der Waals surface area contributed by atoms with Gasteiger partial charge in [-0.25, -0.2) is 4.90 Å². The maximum atomic E-state index is 13.3. The Bertz CT molecular complexity index is 1410. The summed E-state index contributed by atoms with van der Waals surface area (Å²) in [5, 5.41) is 3.68. The van der Waals surface area contributed by atoms with Crippen molar-refractivity contribution in [3.63, 3.8) is 0 Å². The third-order valence-electron chi connectivity index (χ3n) is 5.73. The molecule has 5 rings (SSSR count). The summed E-state index contributed by atoms with van der Waals surface area (Å²) in [5.41, 5.74) is 3.76. The van der Waals surface area contributed by atoms with Crippen molar-refractivity contribution in [2.45, 2.75) is 19.8 Å². The number of aromatic nitrogens is 1. The Balaban J connectivity index is 1.48. The molecule has 0 fully saturated rings. The number of nitrogens with zero attached hydrogens (tertiary/aromatic N) is 2. The lowest BCUT2D eigenvalue weighted by molar-refractivity contribution is 0.0925. The van der Waals surface area contributed by atoms with E-state index in [4.69, 9.17) is 0 Å². The summed E-state index contributed by atoms with van der Waals surface area (Å²) in [7, 11) is 0. The van der Waals surface area contributed by atoms with Gasteiger partial charge < -0.3 is 5.32 Å². The first-order valence-corrected chi connectivity index (χ1v) is 10.7. The summed E-state index contributed by atoms with van der Waals surface area (Å²) in [4.78, 5) is 44.7. The van der Waals surface area contributed by atoms with Crippen LogP contribution >= 0.6 is 0 Å². The number of para-hydroxylation sites is 1. The largest absolute Gasteiger partial charge is 0.322 e. The van der Waals surface area contributed by atoms with Gasteiger partial charge in [0.2, 0.25) is 0 Å². The molecule has 0 radical (unpaired) electrons. The molecule has 6 heteroatoms. The van der Waals surface area contributed by atoms with Gasteiger partial charge in [0.05, 0.1) is 27.9 Å². The molecule has 0 saturated heterocycles. The van der Waals surface area contributed by atoms with Gasteiger partial charge in [0.25, 0.3) is 17.7 Å². The van der Waals surface area contributed by atoms with Crippen molar-refractivity contribution in [2.75, 3.05) is 10.2 Å². The number of fused-ring (bicyclic) bond motifs is 2. The van der Waals surface area contributed by atoms with E-state index >= 15 is 0 Å². The van der Waals surface area contributed by atoms with Gasteiger partial charge in [-0.1, -0.05) is 50.2 Å². The molecule has 1 N–H and O–H groups in total. The molecule has 33 heavy (non-hydrogen) atoms. The normalized spacial score (nSPS) is 13.0. The standard InChI is InChI=1S/C27H21N3O3/c1-16(2)24-15-22(19-10-5-6-13-23(19)29-24)25(31)28-17-8-7-9-18(14-17)30-26(32)20-11-3-4-12-21(20)27(30)33/h3-16H,1-2H3,(H,28,31). The van der Waals surface area contributed by atoms with Crippen molar-refractivity contribution in [2.24, 2.45) is 0 Å². The monoisotopic (exact) mass is 435 g/mol. The zero-order chi connectivity index (χ0) is 23.1. The maximum Gasteiger partial charge on any atom is 0.266 e. The number of nitrogens with one attached hydrogen (secondary N) is 1. The Morgan fingerprint density at radius 1 is 0.848 bits per heavy atom. The van der Waals surface area contributed by atoms with Crippen LogP contribution in [0, 0.1) is 0 Å². The molecule has 0 bridgehead atoms. The highest BCUT2D eigenvalue weighted by molar-refractivity contribution is 6.34. The van der Waals surface area contributed by atoms with Crippen LogP contribution in [0.15, 0.2) is 78.9 Å². The fourth-order valence-corrected chi connectivity index (χ4v) is 4.02. The molecule has 1 aliphatic rings. The zero-order valence-corrected chi connectivity index (χ0v) is 18.2. The summed E-state index contributed by atoms with van der Waals surface area (Å²) >= 11 is 0. The molecule has 3 amide bonds. The Hall–Kier alpha value is -4.32. The smallest absolute Gasteiger partial charge is 0.266 e. The summed E-state index contributed by atoms with van der Waals surface area (Å²) in [6.07, 6.45) is 0. The molecule has 0 aliphatic carbocycles. The summed E-state index contributed by atoms with van der Waals surface area (Å²) in [6.45, 7) is 4.06. The molecule has 0 unspecified atom stereocenters. The van der Waals surface area contributed by atoms with E-state index in [1.54, 1.807) is 48.5 Å². The quantitative estimate of drug-likeness (QED) is 0.435. The molecule has 2 heterocycles. The molecule has 0 spiro atoms. The molecule has 1 aromatic heterocycles. The number of carbonyl (C=O) groups excluding carboxylic acids is 3. The van der Waals surface area contributed by atoms with Gasteiger partial charge in [-0.2, -0.15) is 0 Å². The number of hydrogen-bond acceptors (Lipinski definition) is 4. The topological polar surface area (TPSA) is 79.4 Å². The van der Waals surface area contributed by atoms with Crippen LogP contribution in [0.25, 0.3) is 10.9 Å². The highest BCUT2D eigenvalue weighted by atomic mass is 16.2. The van der Waals surface area contributed by atoms with Gasteiger partial charge in [0.1, 0.15) is 0 Å². The predicted octanol–water partition coefficient (Wildman–Crippen LogP) is 5.41. The summed E-state index contributed by atoms with van der Waals surface area (Å²) in [6, 6.07) is 22.8. The fourth-order valence-electron chi connectivity index (χ4n) is 4.02. The Morgan fingerprint density at radius 2 is 1.52 bits per heavy atom. The van der Waals surface area contributed by atoms with Gasteiger partial charge in [-0.05, 0) is 48.4 Å². The molecule has 1 aliphatic heterocycles. The molecule has 6 nitrogen and oxygen atoms in total. The van der Waals surface area contributed by atoms with E-state index in [9.17, 15) is 14.4 Å². The Labute approximate surface area is 190 Å². The lowest BCUT2D eigenvalue weighted by atomic mass is 10.0. The van der Waals surface area contributed by atoms with Crippen molar-refractivity contribution < 1.29 is 14.4 Å². The van der Waals surface area contributed by atoms with E-state index in [1.807, 2.05) is 44.2 Å². The highest BCUT2D eigenvalue weighted by Gasteiger charge is 2.36. The van der Waals surface area contributed by atoms with Crippen molar-refractivity contribution >= 4 is 40.0 Å². The predicted molar refractivity (Wildman–Crippen MR) is 128 cm³/mol. The average molecular weight is 435 g/mol. The lowest BCUT2D eigenvalue weighted by Crippen LogP contribution is -2.29. The van der Waals surface area contributed by atoms with E-state index in [-0.39, 0.29) is 23.6 Å². The van der Waals surface area contributed by atoms with Crippen LogP contribution in [0.1, 0.15) is 56.5 Å². The minimum atomic E-state index is -0.374. The maximum absolute atomic E-state index is 13.3. The van der Waals surface area contributed by atoms with Crippen LogP contribution in [0.2, 0.25) is 0 Å². The first-order valence-electron chi connectivity index (χ1n) is 10.7. The Morgan fingerprint density at radius 3 is 2.21 bits per heavy atom. The van der Waals surface area contributed by atoms with E-state index in [0.29, 0.717) is 28.1 Å². The van der Waals surface area contributed by atoms with E-state index in [0.717, 1.165) is 21.5 Å². The number of benzene rings is 3. The molecule has 3 aromatic carbocycles. The minimum Gasteiger partial charge on any atom is -0.322 e. The highest BCUT2D eigenvalue weighted by Crippen LogP contribution is 2.30. The van der Waals surface area contributed by atoms with E-state index in [2.05, 4.69) is 10.3 Å². The number of amides is 3. The minimum absolute atomic E-state index is 0.165. The third kappa shape index (κ3) is 3.55. The van der Waals surface area contributed by atoms with Gasteiger partial charge in [0.15, 0.2) is 0 Å². The Kier molecular flexibility index (Phi) is 4.98. The van der Waals surface area contributed by atoms with Crippen LogP contribution < -0.4 is 10.2 Å². The SMILES string of the molecule is CC(C)c1cc(C(=O)Nc2cccc(N3C(=O)c4ccccc4C3=O)c2)c2ccccc2n1. The van der Waals surface area contributed by atoms with Crippen LogP contribution in [0.4, 0.5) is 11.4 Å². The number of anilines is 2. The molecule has 0 saturated carbocycles. The second-order valence-corrected chi connectivity index (χ2v) is 8.26. The van der Waals surface area contributed by atoms with Gasteiger partial charge in [-0.3, -0.25) is 19.4 Å². The van der Waals surface area contributed by atoms with Crippen molar-refractivity contribution in [3.8, 4) is 0 Å². The first-order chi connectivity index (χ1) is 15.9. The second kappa shape index (κ2) is 7.98. The molecule has 0 atom stereocenters. The van der Waals surface area contributed by atoms with Crippen LogP contribution in [-0.4, -0.2) is 22.7 Å². The van der Waals surface area contributed by atoms with E-state index < -0.39 is 0 Å². The van der Waals surface area contributed by atoms with Crippen molar-refractivity contribution in [1.82, 2.24) is 4.98 Å². The molecular formula is C27H21N3O3. The van der Waals surface area contributed by atoms with E-state index in [1.165, 1.54) is 0 Å². The van der Waals surface area contributed by atoms with Crippen molar-refractivity contribution in [1.29, 1.82) is 0 Å². The molecule has 4 aromatic rings. The van der Waals surface area contributed by atoms with Gasteiger partial charge >= 0.3 is 0 Å². The van der Waals surface area contributed by atoms with Crippen LogP contribution in [-0.2, 0) is 0 Å².